The second kappa shape index (κ2) is 4.80. The summed E-state index contributed by atoms with van der Waals surface area (Å²) in [4.78, 5) is 29.1. The Balaban J connectivity index is 2.52. The van der Waals surface area contributed by atoms with Crippen LogP contribution in [0.4, 0.5) is 4.79 Å². The van der Waals surface area contributed by atoms with E-state index in [4.69, 9.17) is 4.74 Å². The number of ketones is 1. The van der Waals surface area contributed by atoms with Crippen LogP contribution < -0.4 is 5.48 Å². The molecule has 0 aliphatic carbocycles. The first-order chi connectivity index (χ1) is 7.33. The summed E-state index contributed by atoms with van der Waals surface area (Å²) in [7, 11) is 1.43. The summed E-state index contributed by atoms with van der Waals surface area (Å²) in [5.74, 6) is -0.0762. The molecule has 0 aromatic rings. The van der Waals surface area contributed by atoms with Crippen LogP contribution in [0.2, 0.25) is 0 Å². The summed E-state index contributed by atoms with van der Waals surface area (Å²) < 4.78 is 5.16. The normalized spacial score (nSPS) is 21.4. The molecule has 0 aromatic carbocycles. The SMILES string of the molecule is CONC1CN(C(=O)OC(C)(C)C)CC1=O. The molecule has 1 amide bonds. The third-order valence-corrected chi connectivity index (χ3v) is 2.05. The predicted octanol–water partition coefficient (Wildman–Crippen LogP) is 0.326. The molecule has 1 N–H and O–H groups in total. The number of Topliss-reactive ketones (excluding diaryl/α,β-unsaturated/α-hetero) is 1. The minimum Gasteiger partial charge on any atom is -0.444 e. The summed E-state index contributed by atoms with van der Waals surface area (Å²) in [6, 6.07) is -0.461. The number of hydrogen-bond acceptors (Lipinski definition) is 5. The van der Waals surface area contributed by atoms with Crippen LogP contribution in [0.15, 0.2) is 0 Å². The summed E-state index contributed by atoms with van der Waals surface area (Å²) >= 11 is 0. The van der Waals surface area contributed by atoms with Gasteiger partial charge in [0.2, 0.25) is 0 Å². The molecule has 0 bridgehead atoms. The topological polar surface area (TPSA) is 67.9 Å². The molecule has 0 spiro atoms. The van der Waals surface area contributed by atoms with Crippen molar-refractivity contribution in [2.75, 3.05) is 20.2 Å². The molecule has 6 heteroatoms. The number of amides is 1. The fourth-order valence-corrected chi connectivity index (χ4v) is 1.40. The fourth-order valence-electron chi connectivity index (χ4n) is 1.40. The van der Waals surface area contributed by atoms with Gasteiger partial charge in [0.05, 0.1) is 13.7 Å². The van der Waals surface area contributed by atoms with E-state index in [1.807, 2.05) is 0 Å². The molecular formula is C10H18N2O4. The molecular weight excluding hydrogens is 212 g/mol. The quantitative estimate of drug-likeness (QED) is 0.692. The van der Waals surface area contributed by atoms with E-state index in [0.717, 1.165) is 0 Å². The molecule has 1 unspecified atom stereocenters. The van der Waals surface area contributed by atoms with Crippen molar-refractivity contribution in [3.05, 3.63) is 0 Å². The second-order valence-corrected chi connectivity index (χ2v) is 4.70. The molecule has 1 saturated heterocycles. The van der Waals surface area contributed by atoms with Crippen molar-refractivity contribution in [2.45, 2.75) is 32.4 Å². The standard InChI is InChI=1S/C10H18N2O4/c1-10(2,3)16-9(14)12-5-7(11-15-4)8(13)6-12/h7,11H,5-6H2,1-4H3. The van der Waals surface area contributed by atoms with Crippen LogP contribution in [0, 0.1) is 0 Å². The van der Waals surface area contributed by atoms with E-state index in [1.165, 1.54) is 12.0 Å². The smallest absolute Gasteiger partial charge is 0.410 e. The number of nitrogens with one attached hydrogen (secondary N) is 1. The van der Waals surface area contributed by atoms with Gasteiger partial charge in [-0.25, -0.2) is 4.79 Å². The van der Waals surface area contributed by atoms with Crippen molar-refractivity contribution >= 4 is 11.9 Å². The fraction of sp³-hybridized carbons (Fsp3) is 0.800. The summed E-state index contributed by atoms with van der Waals surface area (Å²) in [5.41, 5.74) is 1.99. The monoisotopic (exact) mass is 230 g/mol. The largest absolute Gasteiger partial charge is 0.444 e. The molecule has 0 aromatic heterocycles. The molecule has 1 atom stereocenters. The predicted molar refractivity (Wildman–Crippen MR) is 56.7 cm³/mol. The third kappa shape index (κ3) is 3.46. The van der Waals surface area contributed by atoms with E-state index in [2.05, 4.69) is 10.3 Å². The van der Waals surface area contributed by atoms with Gasteiger partial charge in [-0.15, -0.1) is 0 Å². The van der Waals surface area contributed by atoms with Gasteiger partial charge in [-0.05, 0) is 20.8 Å². The maximum Gasteiger partial charge on any atom is 0.410 e. The first-order valence-electron chi connectivity index (χ1n) is 5.12. The molecule has 1 aliphatic heterocycles. The maximum atomic E-state index is 11.6. The average Bonchev–Trinajstić information content (AvgIpc) is 2.46. The minimum absolute atomic E-state index is 0.0654. The zero-order valence-corrected chi connectivity index (χ0v) is 10.1. The van der Waals surface area contributed by atoms with Gasteiger partial charge in [-0.1, -0.05) is 0 Å². The first kappa shape index (κ1) is 12.9. The lowest BCUT2D eigenvalue weighted by Gasteiger charge is -2.23. The molecule has 6 nitrogen and oxygen atoms in total. The van der Waals surface area contributed by atoms with Crippen LogP contribution >= 0.6 is 0 Å². The number of hydroxylamine groups is 1. The Morgan fingerprint density at radius 3 is 2.62 bits per heavy atom. The Labute approximate surface area is 94.8 Å². The average molecular weight is 230 g/mol. The molecule has 92 valence electrons. The Morgan fingerprint density at radius 2 is 2.12 bits per heavy atom. The lowest BCUT2D eigenvalue weighted by Crippen LogP contribution is -2.38. The van der Waals surface area contributed by atoms with Gasteiger partial charge in [-0.3, -0.25) is 9.69 Å². The van der Waals surface area contributed by atoms with Gasteiger partial charge in [0.15, 0.2) is 5.78 Å². The highest BCUT2D eigenvalue weighted by atomic mass is 16.6. The van der Waals surface area contributed by atoms with Gasteiger partial charge in [-0.2, -0.15) is 5.48 Å². The molecule has 0 radical (unpaired) electrons. The van der Waals surface area contributed by atoms with Crippen LogP contribution in [0.1, 0.15) is 20.8 Å². The Morgan fingerprint density at radius 1 is 1.50 bits per heavy atom. The molecule has 16 heavy (non-hydrogen) atoms. The van der Waals surface area contributed by atoms with Crippen LogP contribution in [0.3, 0.4) is 0 Å². The zero-order valence-electron chi connectivity index (χ0n) is 10.1. The second-order valence-electron chi connectivity index (χ2n) is 4.70. The number of carbonyl (C=O) groups is 2. The van der Waals surface area contributed by atoms with Crippen molar-refractivity contribution in [1.82, 2.24) is 10.4 Å². The summed E-state index contributed by atoms with van der Waals surface area (Å²) in [6.45, 7) is 5.70. The minimum atomic E-state index is -0.549. The van der Waals surface area contributed by atoms with Crippen molar-refractivity contribution < 1.29 is 19.2 Å². The van der Waals surface area contributed by atoms with E-state index in [1.54, 1.807) is 20.8 Å². The van der Waals surface area contributed by atoms with E-state index in [9.17, 15) is 9.59 Å². The molecule has 1 fully saturated rings. The number of ether oxygens (including phenoxy) is 1. The van der Waals surface area contributed by atoms with Crippen molar-refractivity contribution in [1.29, 1.82) is 0 Å². The number of likely N-dealkylation sites (tertiary alicyclic amines) is 1. The Hall–Kier alpha value is -1.14. The van der Waals surface area contributed by atoms with Gasteiger partial charge in [0.25, 0.3) is 0 Å². The van der Waals surface area contributed by atoms with Gasteiger partial charge in [0.1, 0.15) is 11.6 Å². The highest BCUT2D eigenvalue weighted by Crippen LogP contribution is 2.13. The van der Waals surface area contributed by atoms with E-state index in [0.29, 0.717) is 0 Å². The Bertz CT molecular complexity index is 285. The number of nitrogens with zero attached hydrogens (tertiary/aromatic N) is 1. The first-order valence-corrected chi connectivity index (χ1v) is 5.12. The number of hydrogen-bond donors (Lipinski definition) is 1. The van der Waals surface area contributed by atoms with E-state index >= 15 is 0 Å². The maximum absolute atomic E-state index is 11.6. The highest BCUT2D eigenvalue weighted by molar-refractivity contribution is 5.91. The van der Waals surface area contributed by atoms with E-state index in [-0.39, 0.29) is 18.9 Å². The molecule has 1 aliphatic rings. The van der Waals surface area contributed by atoms with Crippen LogP contribution in [-0.2, 0) is 14.4 Å². The number of rotatable bonds is 2. The lowest BCUT2D eigenvalue weighted by atomic mass is 10.2. The summed E-state index contributed by atoms with van der Waals surface area (Å²) in [6.07, 6.45) is -0.471. The molecule has 0 saturated carbocycles. The molecule has 1 rings (SSSR count). The van der Waals surface area contributed by atoms with Crippen molar-refractivity contribution in [3.63, 3.8) is 0 Å². The zero-order chi connectivity index (χ0) is 12.3. The van der Waals surface area contributed by atoms with Gasteiger partial charge >= 0.3 is 6.09 Å². The third-order valence-electron chi connectivity index (χ3n) is 2.05. The van der Waals surface area contributed by atoms with Crippen molar-refractivity contribution in [2.24, 2.45) is 0 Å². The van der Waals surface area contributed by atoms with Gasteiger partial charge < -0.3 is 9.57 Å². The van der Waals surface area contributed by atoms with Crippen LogP contribution in [0.5, 0.6) is 0 Å². The summed E-state index contributed by atoms with van der Waals surface area (Å²) in [5, 5.41) is 0. The highest BCUT2D eigenvalue weighted by Gasteiger charge is 2.35. The van der Waals surface area contributed by atoms with Gasteiger partial charge in [0, 0.05) is 6.54 Å². The van der Waals surface area contributed by atoms with Crippen molar-refractivity contribution in [3.8, 4) is 0 Å². The van der Waals surface area contributed by atoms with E-state index < -0.39 is 17.7 Å². The molecule has 1 heterocycles. The van der Waals surface area contributed by atoms with Crippen LogP contribution in [0.25, 0.3) is 0 Å². The Kier molecular flexibility index (Phi) is 3.88. The van der Waals surface area contributed by atoms with Crippen LogP contribution in [-0.4, -0.2) is 48.6 Å². The number of carbonyl (C=O) groups excluding carboxylic acids is 2. The lowest BCUT2D eigenvalue weighted by molar-refractivity contribution is -0.121.